The number of amides is 1. The second-order valence-electron chi connectivity index (χ2n) is 4.55. The molecule has 4 N–H and O–H groups in total. The normalized spacial score (nSPS) is 18.8. The van der Waals surface area contributed by atoms with E-state index in [4.69, 9.17) is 17.3 Å². The van der Waals surface area contributed by atoms with Crippen molar-refractivity contribution >= 4 is 49.1 Å². The van der Waals surface area contributed by atoms with Gasteiger partial charge in [0.1, 0.15) is 4.90 Å². The molecule has 1 aromatic rings. The molecule has 1 atom stereocenters. The third-order valence-corrected chi connectivity index (χ3v) is 5.85. The Bertz CT molecular complexity index is 698. The number of nitrogen functional groups attached to an aromatic ring is 1. The molecule has 1 aliphatic heterocycles. The van der Waals surface area contributed by atoms with E-state index in [0.29, 0.717) is 12.8 Å². The summed E-state index contributed by atoms with van der Waals surface area (Å²) in [5.41, 5.74) is 5.08. The van der Waals surface area contributed by atoms with Crippen molar-refractivity contribution in [2.24, 2.45) is 0 Å². The molecule has 1 aromatic carbocycles. The fraction of sp³-hybridized carbons (Fsp3) is 0.364. The highest BCUT2D eigenvalue weighted by Gasteiger charge is 2.27. The SMILES string of the molecule is Nc1c(F)c(S(=O)(=O)NCC2CCC(=O)N2)cc(Cl)c1Br. The minimum absolute atomic E-state index is 0.0107. The van der Waals surface area contributed by atoms with Gasteiger partial charge in [0.15, 0.2) is 5.82 Å². The first-order valence-electron chi connectivity index (χ1n) is 5.94. The summed E-state index contributed by atoms with van der Waals surface area (Å²) in [7, 11) is -4.12. The monoisotopic (exact) mass is 399 g/mol. The lowest BCUT2D eigenvalue weighted by Crippen LogP contribution is -2.38. The van der Waals surface area contributed by atoms with E-state index in [1.165, 1.54) is 0 Å². The van der Waals surface area contributed by atoms with Crippen LogP contribution in [-0.2, 0) is 14.8 Å². The summed E-state index contributed by atoms with van der Waals surface area (Å²) in [4.78, 5) is 10.4. The van der Waals surface area contributed by atoms with Crippen LogP contribution in [0.25, 0.3) is 0 Å². The van der Waals surface area contributed by atoms with Crippen LogP contribution in [0.15, 0.2) is 15.4 Å². The number of hydrogen-bond acceptors (Lipinski definition) is 4. The molecule has 0 aromatic heterocycles. The topological polar surface area (TPSA) is 101 Å². The molecule has 1 saturated heterocycles. The summed E-state index contributed by atoms with van der Waals surface area (Å²) in [6.45, 7) is -0.0267. The average molecular weight is 401 g/mol. The van der Waals surface area contributed by atoms with Crippen LogP contribution < -0.4 is 15.8 Å². The van der Waals surface area contributed by atoms with E-state index in [-0.39, 0.29) is 33.7 Å². The van der Waals surface area contributed by atoms with Gasteiger partial charge in [0.25, 0.3) is 0 Å². The molecule has 0 aliphatic carbocycles. The lowest BCUT2D eigenvalue weighted by Gasteiger charge is -2.14. The lowest BCUT2D eigenvalue weighted by atomic mass is 10.2. The van der Waals surface area contributed by atoms with E-state index in [1.54, 1.807) is 0 Å². The minimum atomic E-state index is -4.12. The van der Waals surface area contributed by atoms with E-state index in [0.717, 1.165) is 6.07 Å². The Morgan fingerprint density at radius 3 is 2.81 bits per heavy atom. The number of carbonyl (C=O) groups excluding carboxylic acids is 1. The first-order chi connectivity index (χ1) is 9.72. The van der Waals surface area contributed by atoms with Crippen molar-refractivity contribution in [2.45, 2.75) is 23.8 Å². The zero-order valence-electron chi connectivity index (χ0n) is 10.6. The van der Waals surface area contributed by atoms with Crippen molar-refractivity contribution in [2.75, 3.05) is 12.3 Å². The van der Waals surface area contributed by atoms with E-state index in [9.17, 15) is 17.6 Å². The van der Waals surface area contributed by atoms with Crippen LogP contribution in [-0.4, -0.2) is 26.9 Å². The summed E-state index contributed by atoms with van der Waals surface area (Å²) >= 11 is 8.77. The average Bonchev–Trinajstić information content (AvgIpc) is 2.84. The van der Waals surface area contributed by atoms with Crippen LogP contribution >= 0.6 is 27.5 Å². The number of nitrogens with two attached hydrogens (primary N) is 1. The Balaban J connectivity index is 2.22. The number of nitrogens with one attached hydrogen (secondary N) is 2. The molecule has 1 aliphatic rings. The molecule has 0 radical (unpaired) electrons. The smallest absolute Gasteiger partial charge is 0.243 e. The predicted molar refractivity (Wildman–Crippen MR) is 79.9 cm³/mol. The second kappa shape index (κ2) is 6.07. The maximum atomic E-state index is 14.0. The van der Waals surface area contributed by atoms with Crippen molar-refractivity contribution in [3.05, 3.63) is 21.4 Å². The fourth-order valence-corrected chi connectivity index (χ4v) is 3.67. The van der Waals surface area contributed by atoms with Gasteiger partial charge in [0, 0.05) is 19.0 Å². The maximum Gasteiger partial charge on any atom is 0.243 e. The standard InChI is InChI=1S/C11H12BrClFN3O3S/c12-9-6(13)3-7(10(14)11(9)15)21(19,20)16-4-5-1-2-8(18)17-5/h3,5,16H,1-2,4,15H2,(H,17,18). The van der Waals surface area contributed by atoms with Crippen LogP contribution in [0.3, 0.4) is 0 Å². The molecular weight excluding hydrogens is 389 g/mol. The Hall–Kier alpha value is -0.900. The second-order valence-corrected chi connectivity index (χ2v) is 7.49. The van der Waals surface area contributed by atoms with Crippen molar-refractivity contribution in [3.8, 4) is 0 Å². The van der Waals surface area contributed by atoms with Gasteiger partial charge in [-0.1, -0.05) is 11.6 Å². The van der Waals surface area contributed by atoms with Gasteiger partial charge in [-0.2, -0.15) is 0 Å². The predicted octanol–water partition coefficient (Wildman–Crippen LogP) is 1.38. The molecule has 10 heteroatoms. The number of hydrogen-bond donors (Lipinski definition) is 3. The summed E-state index contributed by atoms with van der Waals surface area (Å²) in [6, 6.07) is 0.672. The zero-order chi connectivity index (χ0) is 15.8. The Labute approximate surface area is 134 Å². The molecule has 2 rings (SSSR count). The highest BCUT2D eigenvalue weighted by Crippen LogP contribution is 2.34. The summed E-state index contributed by atoms with van der Waals surface area (Å²) in [5, 5.41) is 2.60. The number of anilines is 1. The molecule has 116 valence electrons. The van der Waals surface area contributed by atoms with E-state index in [2.05, 4.69) is 26.0 Å². The summed E-state index contributed by atoms with van der Waals surface area (Å²) in [6.07, 6.45) is 0.866. The van der Waals surface area contributed by atoms with Crippen LogP contribution in [0.4, 0.5) is 10.1 Å². The quantitative estimate of drug-likeness (QED) is 0.525. The number of benzene rings is 1. The summed E-state index contributed by atoms with van der Waals surface area (Å²) in [5.74, 6) is -1.21. The zero-order valence-corrected chi connectivity index (χ0v) is 13.8. The molecule has 0 bridgehead atoms. The van der Waals surface area contributed by atoms with Crippen molar-refractivity contribution < 1.29 is 17.6 Å². The largest absolute Gasteiger partial charge is 0.395 e. The molecule has 1 heterocycles. The number of sulfonamides is 1. The van der Waals surface area contributed by atoms with E-state index >= 15 is 0 Å². The molecule has 1 fully saturated rings. The lowest BCUT2D eigenvalue weighted by molar-refractivity contribution is -0.119. The number of carbonyl (C=O) groups is 1. The Morgan fingerprint density at radius 2 is 2.24 bits per heavy atom. The maximum absolute atomic E-state index is 14.0. The molecule has 6 nitrogen and oxygen atoms in total. The Kier molecular flexibility index (Phi) is 4.76. The van der Waals surface area contributed by atoms with Crippen LogP contribution in [0.1, 0.15) is 12.8 Å². The Morgan fingerprint density at radius 1 is 1.57 bits per heavy atom. The number of halogens is 3. The fourth-order valence-electron chi connectivity index (χ4n) is 1.91. The van der Waals surface area contributed by atoms with Crippen LogP contribution in [0.5, 0.6) is 0 Å². The first kappa shape index (κ1) is 16.5. The molecular formula is C11H12BrClFN3O3S. The summed E-state index contributed by atoms with van der Waals surface area (Å²) < 4.78 is 40.6. The first-order valence-corrected chi connectivity index (χ1v) is 8.60. The van der Waals surface area contributed by atoms with Crippen LogP contribution in [0, 0.1) is 5.82 Å². The van der Waals surface area contributed by atoms with Gasteiger partial charge >= 0.3 is 0 Å². The van der Waals surface area contributed by atoms with Gasteiger partial charge in [-0.25, -0.2) is 17.5 Å². The van der Waals surface area contributed by atoms with Gasteiger partial charge in [-0.15, -0.1) is 0 Å². The third-order valence-electron chi connectivity index (χ3n) is 3.05. The van der Waals surface area contributed by atoms with Gasteiger partial charge in [-0.05, 0) is 28.4 Å². The van der Waals surface area contributed by atoms with Gasteiger partial charge in [0.2, 0.25) is 15.9 Å². The van der Waals surface area contributed by atoms with E-state index in [1.807, 2.05) is 0 Å². The van der Waals surface area contributed by atoms with Crippen molar-refractivity contribution in [1.82, 2.24) is 10.0 Å². The van der Waals surface area contributed by atoms with Crippen molar-refractivity contribution in [3.63, 3.8) is 0 Å². The molecule has 21 heavy (non-hydrogen) atoms. The molecule has 0 saturated carbocycles. The molecule has 0 spiro atoms. The minimum Gasteiger partial charge on any atom is -0.395 e. The van der Waals surface area contributed by atoms with Crippen LogP contribution in [0.2, 0.25) is 5.02 Å². The van der Waals surface area contributed by atoms with Crippen molar-refractivity contribution in [1.29, 1.82) is 0 Å². The van der Waals surface area contributed by atoms with Gasteiger partial charge < -0.3 is 11.1 Å². The van der Waals surface area contributed by atoms with Gasteiger partial charge in [-0.3, -0.25) is 4.79 Å². The highest BCUT2D eigenvalue weighted by atomic mass is 79.9. The highest BCUT2D eigenvalue weighted by molar-refractivity contribution is 9.10. The van der Waals surface area contributed by atoms with E-state index < -0.39 is 20.7 Å². The molecule has 1 amide bonds. The number of rotatable bonds is 4. The molecule has 1 unspecified atom stereocenters. The third kappa shape index (κ3) is 3.47. The van der Waals surface area contributed by atoms with Gasteiger partial charge in [0.05, 0.1) is 15.2 Å².